The van der Waals surface area contributed by atoms with Gasteiger partial charge in [0.05, 0.1) is 26.0 Å². The monoisotopic (exact) mass is 450 g/mol. The average molecular weight is 451 g/mol. The Kier molecular flexibility index (Phi) is 6.26. The summed E-state index contributed by atoms with van der Waals surface area (Å²) in [7, 11) is 6.63. The van der Waals surface area contributed by atoms with Gasteiger partial charge in [-0.15, -0.1) is 0 Å². The van der Waals surface area contributed by atoms with Gasteiger partial charge in [0, 0.05) is 36.8 Å². The van der Waals surface area contributed by atoms with Crippen LogP contribution in [0.25, 0.3) is 0 Å². The number of fused-ring (bicyclic) bond motifs is 1. The molecule has 3 amide bonds. The summed E-state index contributed by atoms with van der Waals surface area (Å²) in [5, 5.41) is 8.90. The maximum atomic E-state index is 12.7. The molecule has 0 bridgehead atoms. The van der Waals surface area contributed by atoms with E-state index in [2.05, 4.69) is 5.32 Å². The summed E-state index contributed by atoms with van der Waals surface area (Å²) in [6.07, 6.45) is 2.72. The van der Waals surface area contributed by atoms with E-state index in [1.165, 1.54) is 5.01 Å². The molecular weight excluding hydrogens is 420 g/mol. The Morgan fingerprint density at radius 3 is 2.30 bits per heavy atom. The lowest BCUT2D eigenvalue weighted by Crippen LogP contribution is -2.41. The van der Waals surface area contributed by atoms with E-state index in [1.807, 2.05) is 50.4 Å². The Morgan fingerprint density at radius 2 is 1.73 bits per heavy atom. The van der Waals surface area contributed by atoms with Crippen molar-refractivity contribution < 1.29 is 19.1 Å². The third kappa shape index (κ3) is 4.37. The number of benzene rings is 2. The Balaban J connectivity index is 1.79. The minimum Gasteiger partial charge on any atom is -0.493 e. The summed E-state index contributed by atoms with van der Waals surface area (Å²) in [6.45, 7) is 1.96. The highest BCUT2D eigenvalue weighted by atomic mass is 16.5. The molecule has 2 aromatic rings. The average Bonchev–Trinajstić information content (AvgIpc) is 3.69. The highest BCUT2D eigenvalue weighted by Crippen LogP contribution is 2.35. The van der Waals surface area contributed by atoms with Crippen molar-refractivity contribution in [2.24, 2.45) is 5.10 Å². The van der Waals surface area contributed by atoms with Crippen LogP contribution < -0.4 is 14.8 Å². The van der Waals surface area contributed by atoms with Gasteiger partial charge in [-0.05, 0) is 56.0 Å². The van der Waals surface area contributed by atoms with Crippen LogP contribution in [0.15, 0.2) is 41.5 Å². The van der Waals surface area contributed by atoms with Crippen LogP contribution in [0.4, 0.5) is 4.79 Å². The molecule has 33 heavy (non-hydrogen) atoms. The number of hydrazone groups is 1. The van der Waals surface area contributed by atoms with E-state index >= 15 is 0 Å². The van der Waals surface area contributed by atoms with Crippen molar-refractivity contribution in [3.63, 3.8) is 0 Å². The van der Waals surface area contributed by atoms with Gasteiger partial charge in [-0.2, -0.15) is 5.10 Å². The zero-order valence-corrected chi connectivity index (χ0v) is 19.7. The van der Waals surface area contributed by atoms with Crippen molar-refractivity contribution in [3.8, 4) is 11.5 Å². The maximum absolute atomic E-state index is 12.7. The van der Waals surface area contributed by atoms with Crippen LogP contribution >= 0.6 is 0 Å². The summed E-state index contributed by atoms with van der Waals surface area (Å²) in [5.41, 5.74) is 3.93. The number of carbonyl (C=O) groups is 2. The molecule has 0 spiro atoms. The third-order valence-electron chi connectivity index (χ3n) is 6.25. The molecule has 0 saturated heterocycles. The molecule has 1 saturated carbocycles. The maximum Gasteiger partial charge on any atom is 0.337 e. The van der Waals surface area contributed by atoms with Gasteiger partial charge < -0.3 is 19.7 Å². The zero-order chi connectivity index (χ0) is 23.7. The smallest absolute Gasteiger partial charge is 0.337 e. The van der Waals surface area contributed by atoms with Gasteiger partial charge in [-0.3, -0.25) is 4.79 Å². The number of amides is 3. The number of hydrogen-bond acceptors (Lipinski definition) is 5. The Labute approximate surface area is 194 Å². The fourth-order valence-electron chi connectivity index (χ4n) is 4.15. The Bertz CT molecular complexity index is 1090. The lowest BCUT2D eigenvalue weighted by Gasteiger charge is -2.22. The van der Waals surface area contributed by atoms with Gasteiger partial charge in [-0.1, -0.05) is 12.1 Å². The lowest BCUT2D eigenvalue weighted by atomic mass is 9.93. The number of rotatable bonds is 5. The summed E-state index contributed by atoms with van der Waals surface area (Å²) in [4.78, 5) is 27.2. The van der Waals surface area contributed by atoms with E-state index in [4.69, 9.17) is 14.6 Å². The zero-order valence-electron chi connectivity index (χ0n) is 19.7. The number of carbonyl (C=O) groups excluding carboxylic acids is 2. The predicted molar refractivity (Wildman–Crippen MR) is 126 cm³/mol. The van der Waals surface area contributed by atoms with E-state index in [1.54, 1.807) is 26.2 Å². The number of urea groups is 1. The van der Waals surface area contributed by atoms with Crippen molar-refractivity contribution in [1.29, 1.82) is 0 Å². The molecule has 1 fully saturated rings. The predicted octanol–water partition coefficient (Wildman–Crippen LogP) is 3.28. The first-order valence-electron chi connectivity index (χ1n) is 11.1. The second kappa shape index (κ2) is 9.13. The van der Waals surface area contributed by atoms with Crippen LogP contribution in [-0.2, 0) is 6.42 Å². The van der Waals surface area contributed by atoms with Gasteiger partial charge in [0.25, 0.3) is 5.91 Å². The van der Waals surface area contributed by atoms with E-state index < -0.39 is 0 Å². The van der Waals surface area contributed by atoms with E-state index in [0.29, 0.717) is 35.2 Å². The van der Waals surface area contributed by atoms with Crippen LogP contribution in [0.1, 0.15) is 46.8 Å². The van der Waals surface area contributed by atoms with Crippen molar-refractivity contribution in [3.05, 3.63) is 58.7 Å². The fourth-order valence-corrected chi connectivity index (χ4v) is 4.15. The quantitative estimate of drug-likeness (QED) is 0.758. The topological polar surface area (TPSA) is 83.5 Å². The first-order chi connectivity index (χ1) is 15.9. The molecule has 1 heterocycles. The van der Waals surface area contributed by atoms with Crippen molar-refractivity contribution in [2.75, 3.05) is 28.3 Å². The molecule has 4 rings (SSSR count). The summed E-state index contributed by atoms with van der Waals surface area (Å²) < 4.78 is 11.0. The minimum atomic E-state index is -0.287. The Morgan fingerprint density at radius 1 is 1.09 bits per heavy atom. The van der Waals surface area contributed by atoms with E-state index in [0.717, 1.165) is 29.5 Å². The van der Waals surface area contributed by atoms with Crippen molar-refractivity contribution >= 4 is 17.6 Å². The Hall–Kier alpha value is -3.55. The van der Waals surface area contributed by atoms with E-state index in [-0.39, 0.29) is 18.0 Å². The molecular formula is C25H30N4O4. The number of nitrogens with zero attached hydrogens (tertiary/aromatic N) is 3. The van der Waals surface area contributed by atoms with Gasteiger partial charge >= 0.3 is 6.03 Å². The fraction of sp³-hybridized carbons (Fsp3) is 0.400. The van der Waals surface area contributed by atoms with Crippen molar-refractivity contribution in [2.45, 2.75) is 38.3 Å². The van der Waals surface area contributed by atoms with Crippen LogP contribution in [0, 0.1) is 0 Å². The number of hydrogen-bond donors (Lipinski definition) is 1. The SMILES string of the molecule is CNC(=O)N1N=C(c2ccc(C(=O)N(C)C3CC3)cc2)c2cc(OC)c(OC)cc2C[C@H]1C. The van der Waals surface area contributed by atoms with Crippen molar-refractivity contribution in [1.82, 2.24) is 15.2 Å². The highest BCUT2D eigenvalue weighted by Gasteiger charge is 2.31. The second-order valence-corrected chi connectivity index (χ2v) is 8.49. The normalized spacial score (nSPS) is 17.4. The molecule has 2 aromatic carbocycles. The first kappa shape index (κ1) is 22.6. The largest absolute Gasteiger partial charge is 0.493 e. The molecule has 0 unspecified atom stereocenters. The lowest BCUT2D eigenvalue weighted by molar-refractivity contribution is 0.0785. The number of ether oxygens (including phenoxy) is 2. The van der Waals surface area contributed by atoms with Gasteiger partial charge in [0.15, 0.2) is 11.5 Å². The molecule has 174 valence electrons. The molecule has 1 atom stereocenters. The number of methoxy groups -OCH3 is 2. The van der Waals surface area contributed by atoms with Gasteiger partial charge in [0.2, 0.25) is 0 Å². The van der Waals surface area contributed by atoms with Crippen LogP contribution in [-0.4, -0.2) is 68.0 Å². The molecule has 8 nitrogen and oxygen atoms in total. The van der Waals surface area contributed by atoms with Crippen LogP contribution in [0.5, 0.6) is 11.5 Å². The molecule has 2 aliphatic rings. The molecule has 1 N–H and O–H groups in total. The first-order valence-corrected chi connectivity index (χ1v) is 11.1. The molecule has 8 heteroatoms. The third-order valence-corrected chi connectivity index (χ3v) is 6.25. The summed E-state index contributed by atoms with van der Waals surface area (Å²) >= 11 is 0. The molecule has 1 aliphatic carbocycles. The molecule has 0 aromatic heterocycles. The van der Waals surface area contributed by atoms with Crippen LogP contribution in [0.2, 0.25) is 0 Å². The summed E-state index contributed by atoms with van der Waals surface area (Å²) in [5.74, 6) is 1.22. The van der Waals surface area contributed by atoms with Gasteiger partial charge in [-0.25, -0.2) is 9.80 Å². The summed E-state index contributed by atoms with van der Waals surface area (Å²) in [6, 6.07) is 11.1. The van der Waals surface area contributed by atoms with Crippen LogP contribution in [0.3, 0.4) is 0 Å². The number of nitrogens with one attached hydrogen (secondary N) is 1. The second-order valence-electron chi connectivity index (χ2n) is 8.49. The van der Waals surface area contributed by atoms with E-state index in [9.17, 15) is 9.59 Å². The molecule has 0 radical (unpaired) electrons. The highest BCUT2D eigenvalue weighted by molar-refractivity contribution is 6.15. The molecule has 1 aliphatic heterocycles. The minimum absolute atomic E-state index is 0.0132. The van der Waals surface area contributed by atoms with Gasteiger partial charge in [0.1, 0.15) is 0 Å². The standard InChI is InChI=1S/C25H30N4O4/c1-15-12-18-13-21(32-4)22(33-5)14-20(18)23(27-29(15)25(31)26-2)16-6-8-17(9-7-16)24(30)28(3)19-10-11-19/h6-9,13-15,19H,10-12H2,1-5H3,(H,26,31)/t15-/m1/s1.